The second-order valence-corrected chi connectivity index (χ2v) is 3.91. The summed E-state index contributed by atoms with van der Waals surface area (Å²) in [6.07, 6.45) is 3.61. The van der Waals surface area contributed by atoms with Crippen molar-refractivity contribution in [3.63, 3.8) is 0 Å². The molecule has 48 valence electrons. The minimum absolute atomic E-state index is 0.212. The van der Waals surface area contributed by atoms with E-state index in [9.17, 15) is 4.79 Å². The molecule has 0 aromatic carbocycles. The topological polar surface area (TPSA) is 63.3 Å². The van der Waals surface area contributed by atoms with E-state index in [1.807, 2.05) is 0 Å². The van der Waals surface area contributed by atoms with Crippen LogP contribution in [0.25, 0.3) is 0 Å². The van der Waals surface area contributed by atoms with Crippen LogP contribution in [-0.4, -0.2) is 29.0 Å². The van der Waals surface area contributed by atoms with E-state index in [1.54, 1.807) is 12.5 Å². The number of carboxylic acid groups (broad SMARTS) is 1. The molecule has 1 atom stereocenters. The van der Waals surface area contributed by atoms with Gasteiger partial charge in [0.2, 0.25) is 0 Å². The lowest BCUT2D eigenvalue weighted by atomic mass is 10.7. The van der Waals surface area contributed by atoms with Crippen molar-refractivity contribution in [3.8, 4) is 0 Å². The summed E-state index contributed by atoms with van der Waals surface area (Å²) in [7, 11) is -0.212. The van der Waals surface area contributed by atoms with Gasteiger partial charge in [-0.05, 0) is 0 Å². The van der Waals surface area contributed by atoms with Crippen LogP contribution in [0.5, 0.6) is 0 Å². The van der Waals surface area contributed by atoms with Crippen molar-refractivity contribution in [2.45, 2.75) is 5.37 Å². The van der Waals surface area contributed by atoms with Crippen LogP contribution in [0.15, 0.2) is 0 Å². The number of hydrogen-bond donors (Lipinski definition) is 2. The Morgan fingerprint density at radius 2 is 2.12 bits per heavy atom. The van der Waals surface area contributed by atoms with E-state index in [0.717, 1.165) is 0 Å². The SMILES string of the molecule is C[S+](C)C(N)C(=O)O. The molecule has 0 aromatic heterocycles. The van der Waals surface area contributed by atoms with E-state index in [2.05, 4.69) is 0 Å². The summed E-state index contributed by atoms with van der Waals surface area (Å²) in [6, 6.07) is 0. The van der Waals surface area contributed by atoms with Crippen molar-refractivity contribution >= 4 is 16.9 Å². The molecule has 0 fully saturated rings. The third-order valence-electron chi connectivity index (χ3n) is 0.751. The fourth-order valence-electron chi connectivity index (χ4n) is 0.202. The van der Waals surface area contributed by atoms with E-state index in [1.165, 1.54) is 0 Å². The standard InChI is InChI=1S/C4H9NO2S/c1-8(2)3(5)4(6)7/h3H,5H2,1-2H3/p+1. The maximum absolute atomic E-state index is 10.0. The zero-order chi connectivity index (χ0) is 6.73. The summed E-state index contributed by atoms with van der Waals surface area (Å²) in [5, 5.41) is 7.55. The van der Waals surface area contributed by atoms with E-state index in [4.69, 9.17) is 10.8 Å². The van der Waals surface area contributed by atoms with Gasteiger partial charge in [0.1, 0.15) is 0 Å². The van der Waals surface area contributed by atoms with Crippen LogP contribution in [0.4, 0.5) is 0 Å². The molecule has 0 amide bonds. The Hall–Kier alpha value is -0.220. The predicted octanol–water partition coefficient (Wildman–Crippen LogP) is -0.766. The highest BCUT2D eigenvalue weighted by molar-refractivity contribution is 7.96. The first-order valence-electron chi connectivity index (χ1n) is 2.10. The zero-order valence-corrected chi connectivity index (χ0v) is 5.73. The molecule has 0 spiro atoms. The first-order valence-corrected chi connectivity index (χ1v) is 4.21. The molecule has 0 saturated heterocycles. The molecule has 0 radical (unpaired) electrons. The fraction of sp³-hybridized carbons (Fsp3) is 0.750. The quantitative estimate of drug-likeness (QED) is 0.490. The first kappa shape index (κ1) is 7.78. The average Bonchev–Trinajstić information content (AvgIpc) is 1.64. The van der Waals surface area contributed by atoms with Crippen molar-refractivity contribution < 1.29 is 9.90 Å². The molecule has 8 heavy (non-hydrogen) atoms. The molecule has 0 bridgehead atoms. The molecular weight excluding hydrogens is 126 g/mol. The van der Waals surface area contributed by atoms with Gasteiger partial charge in [0.25, 0.3) is 5.37 Å². The Balaban J connectivity index is 3.64. The third-order valence-corrected chi connectivity index (χ3v) is 1.97. The molecule has 4 heteroatoms. The van der Waals surface area contributed by atoms with Crippen molar-refractivity contribution in [1.82, 2.24) is 0 Å². The molecule has 0 aromatic rings. The monoisotopic (exact) mass is 136 g/mol. The highest BCUT2D eigenvalue weighted by Crippen LogP contribution is 1.89. The first-order chi connectivity index (χ1) is 3.55. The van der Waals surface area contributed by atoms with Gasteiger partial charge in [-0.2, -0.15) is 0 Å². The lowest BCUT2D eigenvalue weighted by Gasteiger charge is -1.99. The number of rotatable bonds is 2. The van der Waals surface area contributed by atoms with Crippen LogP contribution in [0.3, 0.4) is 0 Å². The molecule has 0 aliphatic heterocycles. The molecule has 0 aliphatic carbocycles. The third kappa shape index (κ3) is 2.18. The molecule has 0 rings (SSSR count). The van der Waals surface area contributed by atoms with Gasteiger partial charge in [-0.15, -0.1) is 0 Å². The summed E-state index contributed by atoms with van der Waals surface area (Å²) in [6.45, 7) is 0. The smallest absolute Gasteiger partial charge is 0.372 e. The number of carboxylic acids is 1. The van der Waals surface area contributed by atoms with Gasteiger partial charge in [-0.25, -0.2) is 4.79 Å². The van der Waals surface area contributed by atoms with Crippen LogP contribution in [-0.2, 0) is 15.7 Å². The maximum atomic E-state index is 10.0. The molecule has 3 nitrogen and oxygen atoms in total. The van der Waals surface area contributed by atoms with Gasteiger partial charge in [-0.3, -0.25) is 5.73 Å². The summed E-state index contributed by atoms with van der Waals surface area (Å²) < 4.78 is 0. The molecule has 3 N–H and O–H groups in total. The molecule has 0 heterocycles. The number of nitrogens with two attached hydrogens (primary N) is 1. The fourth-order valence-corrected chi connectivity index (χ4v) is 0.605. The van der Waals surface area contributed by atoms with Crippen molar-refractivity contribution in [2.75, 3.05) is 12.5 Å². The number of aliphatic carboxylic acids is 1. The van der Waals surface area contributed by atoms with Gasteiger partial charge < -0.3 is 5.11 Å². The van der Waals surface area contributed by atoms with Crippen molar-refractivity contribution in [1.29, 1.82) is 0 Å². The van der Waals surface area contributed by atoms with E-state index in [-0.39, 0.29) is 10.9 Å². The predicted molar refractivity (Wildman–Crippen MR) is 34.8 cm³/mol. The Bertz CT molecular complexity index is 94.0. The van der Waals surface area contributed by atoms with Gasteiger partial charge in [-0.1, -0.05) is 0 Å². The van der Waals surface area contributed by atoms with Crippen LogP contribution < -0.4 is 5.73 Å². The minimum Gasteiger partial charge on any atom is -0.476 e. The summed E-state index contributed by atoms with van der Waals surface area (Å²) in [5.74, 6) is -0.918. The van der Waals surface area contributed by atoms with Crippen LogP contribution in [0.1, 0.15) is 0 Å². The van der Waals surface area contributed by atoms with Gasteiger partial charge in [0, 0.05) is 10.9 Å². The molecule has 0 saturated carbocycles. The largest absolute Gasteiger partial charge is 0.476 e. The van der Waals surface area contributed by atoms with Crippen LogP contribution in [0, 0.1) is 0 Å². The summed E-state index contributed by atoms with van der Waals surface area (Å²) >= 11 is 0. The van der Waals surface area contributed by atoms with Gasteiger partial charge >= 0.3 is 5.97 Å². The van der Waals surface area contributed by atoms with E-state index < -0.39 is 11.3 Å². The van der Waals surface area contributed by atoms with Crippen LogP contribution in [0.2, 0.25) is 0 Å². The second kappa shape index (κ2) is 2.94. The average molecular weight is 136 g/mol. The highest BCUT2D eigenvalue weighted by atomic mass is 32.2. The molecular formula is C4H10NO2S+. The lowest BCUT2D eigenvalue weighted by Crippen LogP contribution is -2.37. The normalized spacial score (nSPS) is 14.0. The summed E-state index contributed by atoms with van der Waals surface area (Å²) in [4.78, 5) is 10.0. The number of hydrogen-bond acceptors (Lipinski definition) is 2. The second-order valence-electron chi connectivity index (χ2n) is 1.64. The van der Waals surface area contributed by atoms with E-state index >= 15 is 0 Å². The Morgan fingerprint density at radius 1 is 1.75 bits per heavy atom. The Labute approximate surface area is 51.2 Å². The van der Waals surface area contributed by atoms with Crippen molar-refractivity contribution in [3.05, 3.63) is 0 Å². The lowest BCUT2D eigenvalue weighted by molar-refractivity contribution is -0.136. The van der Waals surface area contributed by atoms with Gasteiger partial charge in [0.15, 0.2) is 0 Å². The van der Waals surface area contributed by atoms with Crippen molar-refractivity contribution in [2.24, 2.45) is 5.73 Å². The summed E-state index contributed by atoms with van der Waals surface area (Å²) in [5.41, 5.74) is 5.17. The maximum Gasteiger partial charge on any atom is 0.372 e. The molecule has 1 unspecified atom stereocenters. The zero-order valence-electron chi connectivity index (χ0n) is 4.92. The van der Waals surface area contributed by atoms with Gasteiger partial charge in [0.05, 0.1) is 12.5 Å². The highest BCUT2D eigenvalue weighted by Gasteiger charge is 2.23. The number of carbonyl (C=O) groups is 1. The Kier molecular flexibility index (Phi) is 2.86. The van der Waals surface area contributed by atoms with Crippen LogP contribution >= 0.6 is 0 Å². The van der Waals surface area contributed by atoms with E-state index in [0.29, 0.717) is 0 Å². The molecule has 0 aliphatic rings. The Morgan fingerprint density at radius 3 is 2.12 bits per heavy atom. The minimum atomic E-state index is -0.918.